The van der Waals surface area contributed by atoms with E-state index in [0.29, 0.717) is 29.4 Å². The Bertz CT molecular complexity index is 1070. The largest absolute Gasteiger partial charge is 0.496 e. The van der Waals surface area contributed by atoms with Gasteiger partial charge in [0, 0.05) is 17.4 Å². The number of benzene rings is 2. The van der Waals surface area contributed by atoms with Crippen LogP contribution in [0.2, 0.25) is 0 Å². The fourth-order valence-electron chi connectivity index (χ4n) is 2.62. The van der Waals surface area contributed by atoms with E-state index in [0.717, 1.165) is 16.1 Å². The monoisotopic (exact) mass is 405 g/mol. The molecule has 0 unspecified atom stereocenters. The maximum atomic E-state index is 12.4. The van der Waals surface area contributed by atoms with Crippen LogP contribution in [-0.4, -0.2) is 29.5 Å². The number of rotatable bonds is 7. The molecule has 4 N–H and O–H groups in total. The van der Waals surface area contributed by atoms with Gasteiger partial charge < -0.3 is 19.8 Å². The molecule has 0 fully saturated rings. The van der Waals surface area contributed by atoms with Crippen LogP contribution in [0.3, 0.4) is 0 Å². The molecule has 3 aromatic rings. The minimum absolute atomic E-state index is 0.312. The number of ether oxygens (including phenoxy) is 1. The second-order valence-electron chi connectivity index (χ2n) is 6.02. The number of hydrazine groups is 1. The van der Waals surface area contributed by atoms with Gasteiger partial charge in [-0.15, -0.1) is 0 Å². The third-order valence-corrected chi connectivity index (χ3v) is 3.94. The van der Waals surface area contributed by atoms with Crippen LogP contribution in [0, 0.1) is 11.5 Å². The number of nitrogens with one attached hydrogen (secondary N) is 2. The van der Waals surface area contributed by atoms with E-state index in [4.69, 9.17) is 20.3 Å². The van der Waals surface area contributed by atoms with Gasteiger partial charge in [-0.1, -0.05) is 12.1 Å². The average Bonchev–Trinajstić information content (AvgIpc) is 3.28. The molecular weight excluding hydrogens is 386 g/mol. The van der Waals surface area contributed by atoms with Crippen molar-refractivity contribution in [3.8, 4) is 23.3 Å². The first kappa shape index (κ1) is 20.4. The predicted molar refractivity (Wildman–Crippen MR) is 111 cm³/mol. The van der Waals surface area contributed by atoms with Crippen LogP contribution in [0.5, 0.6) is 5.75 Å². The van der Waals surface area contributed by atoms with Gasteiger partial charge in [-0.25, -0.2) is 20.6 Å². The second kappa shape index (κ2) is 9.72. The highest BCUT2D eigenvalue weighted by Gasteiger charge is 2.11. The minimum Gasteiger partial charge on any atom is -0.496 e. The smallest absolute Gasteiger partial charge is 0.323 e. The van der Waals surface area contributed by atoms with Gasteiger partial charge in [0.05, 0.1) is 25.4 Å². The SMILES string of the molecule is COc1cc(NC(=O)Nc2cccc(CN=CN(N)C#N)c2)ccc1-c1cnco1. The van der Waals surface area contributed by atoms with E-state index >= 15 is 0 Å². The van der Waals surface area contributed by atoms with Crippen molar-refractivity contribution in [2.45, 2.75) is 6.54 Å². The molecule has 0 saturated carbocycles. The molecule has 152 valence electrons. The number of nitriles is 1. The minimum atomic E-state index is -0.414. The van der Waals surface area contributed by atoms with Gasteiger partial charge in [0.2, 0.25) is 6.19 Å². The lowest BCUT2D eigenvalue weighted by molar-refractivity contribution is 0.262. The fraction of sp³-hybridized carbons (Fsp3) is 0.100. The number of hydrogen-bond donors (Lipinski definition) is 3. The van der Waals surface area contributed by atoms with Gasteiger partial charge in [-0.05, 0) is 29.8 Å². The number of hydrogen-bond acceptors (Lipinski definition) is 7. The molecule has 3 rings (SSSR count). The third-order valence-electron chi connectivity index (χ3n) is 3.94. The molecule has 10 nitrogen and oxygen atoms in total. The number of urea groups is 1. The van der Waals surface area contributed by atoms with Crippen LogP contribution >= 0.6 is 0 Å². The zero-order chi connectivity index (χ0) is 21.3. The molecule has 0 aliphatic heterocycles. The van der Waals surface area contributed by atoms with Gasteiger partial charge in [0.1, 0.15) is 12.1 Å². The van der Waals surface area contributed by atoms with E-state index in [1.54, 1.807) is 48.8 Å². The van der Waals surface area contributed by atoms with Gasteiger partial charge in [0.15, 0.2) is 12.2 Å². The molecule has 10 heteroatoms. The van der Waals surface area contributed by atoms with Crippen molar-refractivity contribution in [3.63, 3.8) is 0 Å². The van der Waals surface area contributed by atoms with Gasteiger partial charge >= 0.3 is 6.03 Å². The van der Waals surface area contributed by atoms with Crippen molar-refractivity contribution in [2.75, 3.05) is 17.7 Å². The highest BCUT2D eigenvalue weighted by Crippen LogP contribution is 2.32. The van der Waals surface area contributed by atoms with Crippen LogP contribution in [-0.2, 0) is 6.54 Å². The molecule has 0 aliphatic rings. The zero-order valence-electron chi connectivity index (χ0n) is 16.1. The molecule has 30 heavy (non-hydrogen) atoms. The maximum Gasteiger partial charge on any atom is 0.323 e. The summed E-state index contributed by atoms with van der Waals surface area (Å²) in [5.41, 5.74) is 2.71. The summed E-state index contributed by atoms with van der Waals surface area (Å²) in [6, 6.07) is 12.0. The van der Waals surface area contributed by atoms with Crippen LogP contribution in [0.15, 0.2) is 64.5 Å². The Kier molecular flexibility index (Phi) is 6.60. The molecule has 0 aliphatic carbocycles. The lowest BCUT2D eigenvalue weighted by atomic mass is 10.1. The quantitative estimate of drug-likeness (QED) is 0.137. The van der Waals surface area contributed by atoms with E-state index in [1.165, 1.54) is 19.8 Å². The maximum absolute atomic E-state index is 12.4. The van der Waals surface area contributed by atoms with Crippen LogP contribution in [0.4, 0.5) is 16.2 Å². The summed E-state index contributed by atoms with van der Waals surface area (Å²) < 4.78 is 10.7. The molecule has 0 radical (unpaired) electrons. The molecular formula is C20H19N7O3. The van der Waals surface area contributed by atoms with Crippen molar-refractivity contribution >= 4 is 23.7 Å². The van der Waals surface area contributed by atoms with Crippen LogP contribution in [0.1, 0.15) is 5.56 Å². The number of aromatic nitrogens is 1. The number of amides is 2. The summed E-state index contributed by atoms with van der Waals surface area (Å²) in [6.45, 7) is 0.312. The standard InChI is InChI=1S/C20H19N7O3/c1-29-18-8-16(5-6-17(18)19-10-24-13-30-19)26-20(28)25-15-4-2-3-14(7-15)9-23-12-27(22)11-21/h2-8,10,12-13H,9,22H2,1H3,(H2,25,26,28). The first-order valence-corrected chi connectivity index (χ1v) is 8.76. The number of carbonyl (C=O) groups is 1. The van der Waals surface area contributed by atoms with Crippen LogP contribution < -0.4 is 21.2 Å². The Hall–Kier alpha value is -4.36. The lowest BCUT2D eigenvalue weighted by Crippen LogP contribution is -2.23. The summed E-state index contributed by atoms with van der Waals surface area (Å²) in [5, 5.41) is 14.9. The molecule has 0 bridgehead atoms. The van der Waals surface area contributed by atoms with Crippen molar-refractivity contribution in [3.05, 3.63) is 60.6 Å². The highest BCUT2D eigenvalue weighted by atomic mass is 16.5. The van der Waals surface area contributed by atoms with E-state index in [9.17, 15) is 4.79 Å². The summed E-state index contributed by atoms with van der Waals surface area (Å²) >= 11 is 0. The fourth-order valence-corrected chi connectivity index (χ4v) is 2.62. The highest BCUT2D eigenvalue weighted by molar-refractivity contribution is 6.00. The molecule has 1 aromatic heterocycles. The Morgan fingerprint density at radius 1 is 1.33 bits per heavy atom. The molecule has 0 spiro atoms. The first-order valence-electron chi connectivity index (χ1n) is 8.76. The van der Waals surface area contributed by atoms with Crippen molar-refractivity contribution in [1.29, 1.82) is 5.26 Å². The Morgan fingerprint density at radius 3 is 2.83 bits per heavy atom. The molecule has 1 heterocycles. The molecule has 2 aromatic carbocycles. The Morgan fingerprint density at radius 2 is 2.13 bits per heavy atom. The number of oxazole rings is 1. The molecule has 0 saturated heterocycles. The van der Waals surface area contributed by atoms with Gasteiger partial charge in [-0.3, -0.25) is 4.99 Å². The van der Waals surface area contributed by atoms with Gasteiger partial charge in [-0.2, -0.15) is 5.26 Å². The van der Waals surface area contributed by atoms with E-state index in [-0.39, 0.29) is 0 Å². The number of nitrogens with zero attached hydrogens (tertiary/aromatic N) is 4. The Labute approximate surface area is 172 Å². The zero-order valence-corrected chi connectivity index (χ0v) is 16.1. The number of nitrogens with two attached hydrogens (primary N) is 1. The number of methoxy groups -OCH3 is 1. The first-order chi connectivity index (χ1) is 14.6. The van der Waals surface area contributed by atoms with Gasteiger partial charge in [0.25, 0.3) is 0 Å². The van der Waals surface area contributed by atoms with Crippen molar-refractivity contribution < 1.29 is 13.9 Å². The number of carbonyl (C=O) groups excluding carboxylic acids is 1. The lowest BCUT2D eigenvalue weighted by Gasteiger charge is -2.11. The van der Waals surface area contributed by atoms with Crippen molar-refractivity contribution in [1.82, 2.24) is 9.99 Å². The number of anilines is 2. The predicted octanol–water partition coefficient (Wildman–Crippen LogP) is 3.18. The van der Waals surface area contributed by atoms with Crippen molar-refractivity contribution in [2.24, 2.45) is 10.8 Å². The third kappa shape index (κ3) is 5.34. The topological polar surface area (TPSA) is 142 Å². The summed E-state index contributed by atoms with van der Waals surface area (Å²) in [5.74, 6) is 6.41. The second-order valence-corrected chi connectivity index (χ2v) is 6.02. The molecule has 2 amide bonds. The summed E-state index contributed by atoms with van der Waals surface area (Å²) in [7, 11) is 1.54. The summed E-state index contributed by atoms with van der Waals surface area (Å²) in [4.78, 5) is 20.3. The molecule has 0 atom stereocenters. The van der Waals surface area contributed by atoms with E-state index in [1.807, 2.05) is 6.07 Å². The normalized spacial score (nSPS) is 10.4. The summed E-state index contributed by atoms with van der Waals surface area (Å²) in [6.07, 6.45) is 5.86. The average molecular weight is 405 g/mol. The van der Waals surface area contributed by atoms with E-state index < -0.39 is 6.03 Å². The number of aliphatic imine (C=N–C) groups is 1. The Balaban J connectivity index is 1.64. The van der Waals surface area contributed by atoms with Crippen LogP contribution in [0.25, 0.3) is 11.3 Å². The van der Waals surface area contributed by atoms with E-state index in [2.05, 4.69) is 20.6 Å².